The van der Waals surface area contributed by atoms with Crippen molar-refractivity contribution in [2.24, 2.45) is 5.92 Å². The average molecular weight is 434 g/mol. The molecule has 0 aromatic carbocycles. The predicted molar refractivity (Wildman–Crippen MR) is 90.9 cm³/mol. The van der Waals surface area contributed by atoms with E-state index in [9.17, 15) is 23.2 Å². The van der Waals surface area contributed by atoms with Crippen LogP contribution in [0.2, 0.25) is 0 Å². The fourth-order valence-electron chi connectivity index (χ4n) is 4.26. The quantitative estimate of drug-likeness (QED) is 0.480. The van der Waals surface area contributed by atoms with Crippen molar-refractivity contribution in [3.05, 3.63) is 0 Å². The van der Waals surface area contributed by atoms with Gasteiger partial charge in [0.05, 0.1) is 12.0 Å². The number of carbonyl (C=O) groups excluding carboxylic acids is 3. The van der Waals surface area contributed by atoms with Crippen LogP contribution in [-0.2, 0) is 42.8 Å². The molecule has 0 unspecified atom stereocenters. The highest BCUT2D eigenvalue weighted by Crippen LogP contribution is 2.49. The van der Waals surface area contributed by atoms with E-state index >= 15 is 0 Å². The van der Waals surface area contributed by atoms with Crippen molar-refractivity contribution in [2.75, 3.05) is 0 Å². The van der Waals surface area contributed by atoms with Gasteiger partial charge in [-0.25, -0.2) is 9.59 Å². The summed E-state index contributed by atoms with van der Waals surface area (Å²) in [5, 5.41) is 0. The molecule has 0 aromatic heterocycles. The predicted octanol–water partition coefficient (Wildman–Crippen LogP) is 1.46. The Bertz CT molecular complexity index is 726. The summed E-state index contributed by atoms with van der Waals surface area (Å²) in [7, 11) is 0. The first-order valence-electron chi connectivity index (χ1n) is 10.00. The molecule has 0 bridgehead atoms. The Balaban J connectivity index is 1.36. The molecular weight excluding hydrogens is 410 g/mol. The first kappa shape index (κ1) is 21.4. The van der Waals surface area contributed by atoms with Gasteiger partial charge in [0.2, 0.25) is 6.10 Å². The summed E-state index contributed by atoms with van der Waals surface area (Å²) < 4.78 is 58.9. The maximum Gasteiger partial charge on any atom is 0.377 e. The minimum atomic E-state index is -3.75. The Morgan fingerprint density at radius 3 is 2.40 bits per heavy atom. The number of hydrogen-bond acceptors (Lipinski definition) is 9. The standard InChI is InChI=1S/C19H24F2O9/c1-8(2)25-14(22)9-4-6-19(7-5-9)29-13-11-10(27-16(13)30-19)12(15(23)26-11)28-17(24)18(3,20)21/h8-13,16H,4-7H2,1-3H3/t9?,10-,11-,12-,13+,16+,19?/m0/s1. The molecule has 3 heterocycles. The van der Waals surface area contributed by atoms with Crippen molar-refractivity contribution in [1.82, 2.24) is 0 Å². The largest absolute Gasteiger partial charge is 0.463 e. The Hall–Kier alpha value is -1.85. The zero-order chi connectivity index (χ0) is 21.8. The number of ether oxygens (including phenoxy) is 6. The molecule has 30 heavy (non-hydrogen) atoms. The summed E-state index contributed by atoms with van der Waals surface area (Å²) in [5.41, 5.74) is 0. The number of esters is 3. The van der Waals surface area contributed by atoms with E-state index in [0.717, 1.165) is 0 Å². The molecule has 0 N–H and O–H groups in total. The molecule has 3 aliphatic heterocycles. The van der Waals surface area contributed by atoms with Gasteiger partial charge in [0, 0.05) is 19.8 Å². The fourth-order valence-corrected chi connectivity index (χ4v) is 4.26. The molecule has 4 fully saturated rings. The summed E-state index contributed by atoms with van der Waals surface area (Å²) in [4.78, 5) is 35.6. The second-order valence-electron chi connectivity index (χ2n) is 8.46. The Morgan fingerprint density at radius 2 is 1.80 bits per heavy atom. The summed E-state index contributed by atoms with van der Waals surface area (Å²) >= 11 is 0. The topological polar surface area (TPSA) is 107 Å². The van der Waals surface area contributed by atoms with E-state index in [1.54, 1.807) is 13.8 Å². The van der Waals surface area contributed by atoms with Crippen LogP contribution in [0.4, 0.5) is 8.78 Å². The lowest BCUT2D eigenvalue weighted by molar-refractivity contribution is -0.250. The van der Waals surface area contributed by atoms with E-state index < -0.39 is 54.4 Å². The fraction of sp³-hybridized carbons (Fsp3) is 0.842. The molecule has 9 nitrogen and oxygen atoms in total. The van der Waals surface area contributed by atoms with E-state index in [-0.39, 0.29) is 18.0 Å². The Morgan fingerprint density at radius 1 is 1.13 bits per heavy atom. The normalized spacial score (nSPS) is 40.3. The molecular formula is C19H24F2O9. The first-order chi connectivity index (χ1) is 14.0. The van der Waals surface area contributed by atoms with E-state index in [4.69, 9.17) is 23.7 Å². The summed E-state index contributed by atoms with van der Waals surface area (Å²) in [6, 6.07) is 0. The Labute approximate surface area is 171 Å². The SMILES string of the molecule is CC(C)OC(=O)C1CCC2(CC1)O[C@H]1O[C@H]3[C@H](OC(=O)[C@H]3OC(=O)C(C)(F)F)[C@H]1O2. The van der Waals surface area contributed by atoms with Crippen LogP contribution in [0, 0.1) is 5.92 Å². The maximum atomic E-state index is 13.1. The van der Waals surface area contributed by atoms with Crippen LogP contribution in [0.15, 0.2) is 0 Å². The molecule has 5 atom stereocenters. The van der Waals surface area contributed by atoms with Gasteiger partial charge in [-0.2, -0.15) is 8.78 Å². The van der Waals surface area contributed by atoms with Gasteiger partial charge in [-0.3, -0.25) is 4.79 Å². The zero-order valence-electron chi connectivity index (χ0n) is 16.8. The van der Waals surface area contributed by atoms with Crippen LogP contribution in [0.5, 0.6) is 0 Å². The zero-order valence-corrected chi connectivity index (χ0v) is 16.8. The van der Waals surface area contributed by atoms with Gasteiger partial charge in [-0.1, -0.05) is 0 Å². The molecule has 0 aromatic rings. The van der Waals surface area contributed by atoms with Gasteiger partial charge >= 0.3 is 23.8 Å². The minimum absolute atomic E-state index is 0.191. The first-order valence-corrected chi connectivity index (χ1v) is 10.00. The van der Waals surface area contributed by atoms with Crippen LogP contribution >= 0.6 is 0 Å². The van der Waals surface area contributed by atoms with Crippen molar-refractivity contribution in [3.63, 3.8) is 0 Å². The molecule has 0 radical (unpaired) electrons. The summed E-state index contributed by atoms with van der Waals surface area (Å²) in [5.74, 6) is -8.03. The van der Waals surface area contributed by atoms with Gasteiger partial charge in [0.15, 0.2) is 24.3 Å². The van der Waals surface area contributed by atoms with Crippen LogP contribution in [0.1, 0.15) is 46.5 Å². The van der Waals surface area contributed by atoms with Crippen molar-refractivity contribution in [1.29, 1.82) is 0 Å². The second-order valence-corrected chi connectivity index (χ2v) is 8.46. The lowest BCUT2D eigenvalue weighted by atomic mass is 9.85. The lowest BCUT2D eigenvalue weighted by Crippen LogP contribution is -2.43. The molecule has 1 spiro atoms. The molecule has 0 amide bonds. The smallest absolute Gasteiger partial charge is 0.377 e. The van der Waals surface area contributed by atoms with Gasteiger partial charge in [0.1, 0.15) is 6.10 Å². The molecule has 11 heteroatoms. The highest BCUT2D eigenvalue weighted by atomic mass is 19.3. The highest BCUT2D eigenvalue weighted by molar-refractivity contribution is 5.84. The maximum absolute atomic E-state index is 13.1. The van der Waals surface area contributed by atoms with E-state index in [1.807, 2.05) is 0 Å². The van der Waals surface area contributed by atoms with Crippen LogP contribution in [0.3, 0.4) is 0 Å². The van der Waals surface area contributed by atoms with Crippen LogP contribution in [0.25, 0.3) is 0 Å². The number of fused-ring (bicyclic) bond motifs is 3. The minimum Gasteiger partial charge on any atom is -0.463 e. The van der Waals surface area contributed by atoms with Crippen LogP contribution in [-0.4, -0.2) is 66.4 Å². The summed E-state index contributed by atoms with van der Waals surface area (Å²) in [6.45, 7) is 3.95. The van der Waals surface area contributed by atoms with Gasteiger partial charge < -0.3 is 28.4 Å². The molecule has 168 valence electrons. The van der Waals surface area contributed by atoms with E-state index in [0.29, 0.717) is 32.6 Å². The molecule has 1 aliphatic carbocycles. The van der Waals surface area contributed by atoms with Crippen LogP contribution < -0.4 is 0 Å². The van der Waals surface area contributed by atoms with Crippen molar-refractivity contribution in [3.8, 4) is 0 Å². The number of hydrogen-bond donors (Lipinski definition) is 0. The third-order valence-corrected chi connectivity index (χ3v) is 5.70. The third kappa shape index (κ3) is 3.78. The molecule has 3 saturated heterocycles. The second kappa shape index (κ2) is 7.38. The number of halogens is 2. The lowest BCUT2D eigenvalue weighted by Gasteiger charge is -2.36. The summed E-state index contributed by atoms with van der Waals surface area (Å²) in [6.07, 6.45) is -3.63. The molecule has 4 rings (SSSR count). The third-order valence-electron chi connectivity index (χ3n) is 5.70. The Kier molecular flexibility index (Phi) is 5.26. The van der Waals surface area contributed by atoms with Crippen molar-refractivity contribution in [2.45, 2.75) is 95.0 Å². The molecule has 1 saturated carbocycles. The number of alkyl halides is 2. The van der Waals surface area contributed by atoms with Gasteiger partial charge in [-0.05, 0) is 26.7 Å². The van der Waals surface area contributed by atoms with Gasteiger partial charge in [0.25, 0.3) is 0 Å². The van der Waals surface area contributed by atoms with E-state index in [1.165, 1.54) is 0 Å². The van der Waals surface area contributed by atoms with Crippen molar-refractivity contribution >= 4 is 17.9 Å². The number of rotatable bonds is 4. The van der Waals surface area contributed by atoms with E-state index in [2.05, 4.69) is 4.74 Å². The monoisotopic (exact) mass is 434 g/mol. The van der Waals surface area contributed by atoms with Crippen molar-refractivity contribution < 1.29 is 51.6 Å². The number of carbonyl (C=O) groups is 3. The molecule has 4 aliphatic rings. The average Bonchev–Trinajstić information content (AvgIpc) is 3.23. The highest BCUT2D eigenvalue weighted by Gasteiger charge is 2.66. The van der Waals surface area contributed by atoms with Gasteiger partial charge in [-0.15, -0.1) is 0 Å².